The number of nitrogen functional groups attached to an aromatic ring is 1. The molecule has 0 amide bonds. The van der Waals surface area contributed by atoms with Crippen molar-refractivity contribution >= 4 is 23.3 Å². The Morgan fingerprint density at radius 2 is 1.95 bits per heavy atom. The normalized spacial score (nSPS) is 18.5. The summed E-state index contributed by atoms with van der Waals surface area (Å²) in [4.78, 5) is 28.9. The van der Waals surface area contributed by atoms with Gasteiger partial charge in [-0.3, -0.25) is 9.59 Å². The lowest BCUT2D eigenvalue weighted by atomic mass is 9.87. The fourth-order valence-corrected chi connectivity index (χ4v) is 4.54. The second kappa shape index (κ2) is 12.8. The van der Waals surface area contributed by atoms with Crippen molar-refractivity contribution in [2.24, 2.45) is 17.6 Å². The highest BCUT2D eigenvalue weighted by molar-refractivity contribution is 5.76. The number of fused-ring (bicyclic) bond motifs is 1. The standard InChI is InChI=1S/C25H36N6O6/c1-14(2)21(27)25(35)37-23(19(32)12-36-20(33)10-15-6-4-3-5-7-15)22(34)16(11-26)17-8-9-18-24(28)29-13-30-31(17)18/h8-9,13-16,19,21-23,32,34H,3-7,10,12,27H2,1-2H3,(H2,28,29,30)/t16-,19+,21-,22+,23+/m0/s1. The highest BCUT2D eigenvalue weighted by Gasteiger charge is 2.40. The van der Waals surface area contributed by atoms with Gasteiger partial charge in [0, 0.05) is 6.42 Å². The maximum atomic E-state index is 12.7. The number of aliphatic hydroxyl groups is 2. The number of aliphatic hydroxyl groups excluding tert-OH is 2. The Kier molecular flexibility index (Phi) is 9.79. The third kappa shape index (κ3) is 6.94. The third-order valence-electron chi connectivity index (χ3n) is 6.86. The Balaban J connectivity index is 1.79. The fourth-order valence-electron chi connectivity index (χ4n) is 4.54. The van der Waals surface area contributed by atoms with Gasteiger partial charge in [-0.2, -0.15) is 10.4 Å². The van der Waals surface area contributed by atoms with Gasteiger partial charge in [-0.15, -0.1) is 0 Å². The van der Waals surface area contributed by atoms with Crippen molar-refractivity contribution in [3.05, 3.63) is 24.2 Å². The van der Waals surface area contributed by atoms with E-state index in [2.05, 4.69) is 10.1 Å². The van der Waals surface area contributed by atoms with Crippen LogP contribution in [0.2, 0.25) is 0 Å². The highest BCUT2D eigenvalue weighted by Crippen LogP contribution is 2.28. The van der Waals surface area contributed by atoms with E-state index < -0.39 is 48.8 Å². The number of ether oxygens (including phenoxy) is 2. The predicted octanol–water partition coefficient (Wildman–Crippen LogP) is 1.05. The molecule has 12 heteroatoms. The highest BCUT2D eigenvalue weighted by atomic mass is 16.6. The minimum absolute atomic E-state index is 0.170. The van der Waals surface area contributed by atoms with Gasteiger partial charge >= 0.3 is 11.9 Å². The Hall–Kier alpha value is -3.27. The average Bonchev–Trinajstić information content (AvgIpc) is 3.31. The van der Waals surface area contributed by atoms with Crippen LogP contribution in [0.1, 0.15) is 64.0 Å². The van der Waals surface area contributed by atoms with Gasteiger partial charge in [0.2, 0.25) is 0 Å². The zero-order chi connectivity index (χ0) is 27.1. The molecule has 2 heterocycles. The number of esters is 2. The van der Waals surface area contributed by atoms with E-state index in [0.29, 0.717) is 5.52 Å². The largest absolute Gasteiger partial charge is 0.463 e. The molecule has 0 unspecified atom stereocenters. The molecule has 0 saturated heterocycles. The van der Waals surface area contributed by atoms with Gasteiger partial charge in [0.25, 0.3) is 0 Å². The number of aromatic nitrogens is 3. The van der Waals surface area contributed by atoms with Crippen LogP contribution in [0.5, 0.6) is 0 Å². The molecule has 202 valence electrons. The topological polar surface area (TPSA) is 199 Å². The lowest BCUT2D eigenvalue weighted by Crippen LogP contribution is -2.49. The summed E-state index contributed by atoms with van der Waals surface area (Å²) in [6, 6.07) is 4.07. The van der Waals surface area contributed by atoms with Crippen LogP contribution in [0.3, 0.4) is 0 Å². The van der Waals surface area contributed by atoms with Crippen LogP contribution < -0.4 is 11.5 Å². The van der Waals surface area contributed by atoms with Gasteiger partial charge in [0.05, 0.1) is 11.8 Å². The van der Waals surface area contributed by atoms with E-state index in [-0.39, 0.29) is 29.8 Å². The number of hydrogen-bond donors (Lipinski definition) is 4. The smallest absolute Gasteiger partial charge is 0.323 e. The van der Waals surface area contributed by atoms with Crippen LogP contribution in [0.25, 0.3) is 5.52 Å². The van der Waals surface area contributed by atoms with Gasteiger partial charge in [-0.05, 0) is 36.8 Å². The maximum Gasteiger partial charge on any atom is 0.323 e. The molecule has 1 saturated carbocycles. The second-order valence-electron chi connectivity index (χ2n) is 9.93. The summed E-state index contributed by atoms with van der Waals surface area (Å²) in [5.74, 6) is -2.51. The molecule has 2 aromatic rings. The van der Waals surface area contributed by atoms with Crippen LogP contribution in [0, 0.1) is 23.2 Å². The second-order valence-corrected chi connectivity index (χ2v) is 9.93. The summed E-state index contributed by atoms with van der Waals surface area (Å²) in [7, 11) is 0. The van der Waals surface area contributed by atoms with Crippen LogP contribution in [-0.2, 0) is 19.1 Å². The molecule has 6 N–H and O–H groups in total. The lowest BCUT2D eigenvalue weighted by Gasteiger charge is -2.31. The van der Waals surface area contributed by atoms with Crippen LogP contribution >= 0.6 is 0 Å². The SMILES string of the molecule is CC(C)[C@H](N)C(=O)O[C@@H]([C@H](O)[C@@H](C#N)c1ccc2c(N)ncnn12)[C@H](O)COC(=O)CC1CCCCC1. The van der Waals surface area contributed by atoms with Crippen LogP contribution in [0.15, 0.2) is 18.5 Å². The quantitative estimate of drug-likeness (QED) is 0.311. The van der Waals surface area contributed by atoms with E-state index in [1.54, 1.807) is 19.9 Å². The predicted molar refractivity (Wildman–Crippen MR) is 133 cm³/mol. The number of anilines is 1. The van der Waals surface area contributed by atoms with E-state index >= 15 is 0 Å². The number of nitrogens with two attached hydrogens (primary N) is 2. The molecule has 3 rings (SSSR count). The van der Waals surface area contributed by atoms with Crippen molar-refractivity contribution in [1.82, 2.24) is 14.6 Å². The van der Waals surface area contributed by atoms with Crippen LogP contribution in [0.4, 0.5) is 5.82 Å². The first-order valence-electron chi connectivity index (χ1n) is 12.6. The van der Waals surface area contributed by atoms with Crippen LogP contribution in [-0.4, -0.2) is 67.7 Å². The van der Waals surface area contributed by atoms with Crippen molar-refractivity contribution in [3.8, 4) is 6.07 Å². The van der Waals surface area contributed by atoms with E-state index in [9.17, 15) is 25.1 Å². The molecular weight excluding hydrogens is 480 g/mol. The zero-order valence-corrected chi connectivity index (χ0v) is 21.2. The summed E-state index contributed by atoms with van der Waals surface area (Å²) in [5.41, 5.74) is 12.4. The molecule has 0 radical (unpaired) electrons. The zero-order valence-electron chi connectivity index (χ0n) is 21.2. The van der Waals surface area contributed by atoms with E-state index in [4.69, 9.17) is 20.9 Å². The molecular formula is C25H36N6O6. The minimum Gasteiger partial charge on any atom is -0.463 e. The number of carbonyl (C=O) groups excluding carboxylic acids is 2. The molecule has 1 aliphatic carbocycles. The molecule has 1 aliphatic rings. The molecule has 37 heavy (non-hydrogen) atoms. The average molecular weight is 517 g/mol. The van der Waals surface area contributed by atoms with Crippen molar-refractivity contribution in [3.63, 3.8) is 0 Å². The number of carbonyl (C=O) groups is 2. The van der Waals surface area contributed by atoms with Gasteiger partial charge < -0.3 is 31.2 Å². The molecule has 0 spiro atoms. The molecule has 0 aliphatic heterocycles. The molecule has 5 atom stereocenters. The monoisotopic (exact) mass is 516 g/mol. The van der Waals surface area contributed by atoms with Crippen molar-refractivity contribution in [2.75, 3.05) is 12.3 Å². The Morgan fingerprint density at radius 1 is 1.24 bits per heavy atom. The molecule has 12 nitrogen and oxygen atoms in total. The van der Waals surface area contributed by atoms with E-state index in [1.165, 1.54) is 16.9 Å². The summed E-state index contributed by atoms with van der Waals surface area (Å²) in [6.07, 6.45) is 1.69. The molecule has 0 bridgehead atoms. The van der Waals surface area contributed by atoms with Crippen molar-refractivity contribution < 1.29 is 29.3 Å². The number of nitrogens with zero attached hydrogens (tertiary/aromatic N) is 4. The first-order valence-corrected chi connectivity index (χ1v) is 12.6. The van der Waals surface area contributed by atoms with Gasteiger partial charge in [0.15, 0.2) is 11.9 Å². The molecule has 2 aromatic heterocycles. The first kappa shape index (κ1) is 28.3. The third-order valence-corrected chi connectivity index (χ3v) is 6.86. The summed E-state index contributed by atoms with van der Waals surface area (Å²) in [5, 5.41) is 36.1. The fraction of sp³-hybridized carbons (Fsp3) is 0.640. The van der Waals surface area contributed by atoms with Gasteiger partial charge in [-0.1, -0.05) is 33.1 Å². The summed E-state index contributed by atoms with van der Waals surface area (Å²) >= 11 is 0. The first-order chi connectivity index (χ1) is 17.6. The Bertz CT molecular complexity index is 1110. The number of hydrogen-bond acceptors (Lipinski definition) is 11. The molecule has 0 aromatic carbocycles. The van der Waals surface area contributed by atoms with Crippen molar-refractivity contribution in [1.29, 1.82) is 5.26 Å². The Morgan fingerprint density at radius 3 is 2.59 bits per heavy atom. The van der Waals surface area contributed by atoms with Gasteiger partial charge in [0.1, 0.15) is 42.6 Å². The minimum atomic E-state index is -1.71. The van der Waals surface area contributed by atoms with E-state index in [0.717, 1.165) is 32.1 Å². The summed E-state index contributed by atoms with van der Waals surface area (Å²) in [6.45, 7) is 2.91. The van der Waals surface area contributed by atoms with E-state index in [1.807, 2.05) is 6.07 Å². The lowest BCUT2D eigenvalue weighted by molar-refractivity contribution is -0.174. The number of nitriles is 1. The van der Waals surface area contributed by atoms with Gasteiger partial charge in [-0.25, -0.2) is 9.50 Å². The number of rotatable bonds is 11. The summed E-state index contributed by atoms with van der Waals surface area (Å²) < 4.78 is 12.0. The van der Waals surface area contributed by atoms with Crippen molar-refractivity contribution in [2.45, 2.75) is 82.6 Å². The molecule has 1 fully saturated rings. The maximum absolute atomic E-state index is 12.7. The Labute approximate surface area is 215 Å².